The number of anilines is 1. The summed E-state index contributed by atoms with van der Waals surface area (Å²) in [4.78, 5) is 27.2. The summed E-state index contributed by atoms with van der Waals surface area (Å²) in [5, 5.41) is 6.31. The first-order valence-corrected chi connectivity index (χ1v) is 10.7. The third-order valence-electron chi connectivity index (χ3n) is 5.84. The first-order valence-electron chi connectivity index (χ1n) is 10.3. The summed E-state index contributed by atoms with van der Waals surface area (Å²) < 4.78 is 5.43. The summed E-state index contributed by atoms with van der Waals surface area (Å²) in [5.41, 5.74) is 0.641. The third kappa shape index (κ3) is 4.69. The molecule has 2 N–H and O–H groups in total. The van der Waals surface area contributed by atoms with Crippen LogP contribution in [0.4, 0.5) is 5.69 Å². The fraction of sp³-hybridized carbons (Fsp3) is 0.636. The van der Waals surface area contributed by atoms with E-state index in [4.69, 9.17) is 16.3 Å². The van der Waals surface area contributed by atoms with E-state index < -0.39 is 0 Å². The molecule has 2 saturated heterocycles. The van der Waals surface area contributed by atoms with E-state index in [0.717, 1.165) is 32.2 Å². The molecular weight excluding hydrogens is 390 g/mol. The number of methoxy groups -OCH3 is 1. The molecule has 2 atom stereocenters. The highest BCUT2D eigenvalue weighted by Gasteiger charge is 2.50. The third-order valence-corrected chi connectivity index (χ3v) is 6.16. The Labute approximate surface area is 178 Å². The molecule has 6 nitrogen and oxygen atoms in total. The number of nitrogens with one attached hydrogen (secondary N) is 2. The van der Waals surface area contributed by atoms with Gasteiger partial charge in [0.2, 0.25) is 5.91 Å². The van der Waals surface area contributed by atoms with E-state index >= 15 is 0 Å². The van der Waals surface area contributed by atoms with Gasteiger partial charge in [-0.1, -0.05) is 32.4 Å². The van der Waals surface area contributed by atoms with Crippen LogP contribution in [0.3, 0.4) is 0 Å². The van der Waals surface area contributed by atoms with E-state index in [1.165, 1.54) is 20.5 Å². The van der Waals surface area contributed by atoms with E-state index in [2.05, 4.69) is 36.3 Å². The Balaban J connectivity index is 1.88. The van der Waals surface area contributed by atoms with Crippen LogP contribution in [-0.4, -0.2) is 42.1 Å². The van der Waals surface area contributed by atoms with Crippen LogP contribution in [0.15, 0.2) is 12.1 Å². The van der Waals surface area contributed by atoms with Gasteiger partial charge in [0.15, 0.2) is 0 Å². The molecule has 0 spiro atoms. The van der Waals surface area contributed by atoms with Crippen molar-refractivity contribution in [3.63, 3.8) is 0 Å². The second-order valence-corrected chi connectivity index (χ2v) is 9.88. The number of fused-ring (bicyclic) bond motifs is 2. The average molecular weight is 422 g/mol. The Kier molecular flexibility index (Phi) is 6.16. The van der Waals surface area contributed by atoms with Gasteiger partial charge in [-0.25, -0.2) is 0 Å². The number of ether oxygens (including phenoxy) is 1. The molecule has 2 fully saturated rings. The normalized spacial score (nSPS) is 24.3. The number of carbonyl (C=O) groups is 2. The van der Waals surface area contributed by atoms with Crippen LogP contribution in [0.2, 0.25) is 5.02 Å². The highest BCUT2D eigenvalue weighted by molar-refractivity contribution is 6.34. The second kappa shape index (κ2) is 8.15. The monoisotopic (exact) mass is 421 g/mol. The smallest absolute Gasteiger partial charge is 0.256 e. The van der Waals surface area contributed by atoms with E-state index in [1.54, 1.807) is 12.1 Å². The number of hydrogen-bond acceptors (Lipinski definition) is 4. The number of nitrogens with zero attached hydrogens (tertiary/aromatic N) is 1. The summed E-state index contributed by atoms with van der Waals surface area (Å²) in [6.07, 6.45) is 5.32. The molecule has 1 aromatic carbocycles. The maximum absolute atomic E-state index is 13.3. The average Bonchev–Trinajstić information content (AvgIpc) is 2.79. The Morgan fingerprint density at radius 3 is 2.62 bits per heavy atom. The van der Waals surface area contributed by atoms with Gasteiger partial charge in [0.25, 0.3) is 5.91 Å². The number of halogens is 1. The summed E-state index contributed by atoms with van der Waals surface area (Å²) in [6.45, 7) is 9.06. The van der Waals surface area contributed by atoms with Gasteiger partial charge in [0.1, 0.15) is 5.75 Å². The molecule has 0 saturated carbocycles. The van der Waals surface area contributed by atoms with Crippen molar-refractivity contribution in [1.29, 1.82) is 0 Å². The van der Waals surface area contributed by atoms with Crippen molar-refractivity contribution in [3.05, 3.63) is 22.7 Å². The summed E-state index contributed by atoms with van der Waals surface area (Å²) >= 11 is 6.32. The van der Waals surface area contributed by atoms with Crippen LogP contribution < -0.4 is 15.4 Å². The minimum Gasteiger partial charge on any atom is -0.496 e. The summed E-state index contributed by atoms with van der Waals surface area (Å²) in [6, 6.07) is 3.69. The fourth-order valence-electron chi connectivity index (χ4n) is 4.71. The van der Waals surface area contributed by atoms with Gasteiger partial charge in [-0.2, -0.15) is 0 Å². The van der Waals surface area contributed by atoms with Crippen LogP contribution in [-0.2, 0) is 4.79 Å². The lowest BCUT2D eigenvalue weighted by atomic mass is 9.90. The van der Waals surface area contributed by atoms with Gasteiger partial charge >= 0.3 is 0 Å². The van der Waals surface area contributed by atoms with Crippen LogP contribution in [0.5, 0.6) is 5.75 Å². The molecule has 2 heterocycles. The van der Waals surface area contributed by atoms with Crippen LogP contribution >= 0.6 is 11.6 Å². The molecule has 29 heavy (non-hydrogen) atoms. The molecule has 2 aliphatic rings. The van der Waals surface area contributed by atoms with Crippen molar-refractivity contribution in [3.8, 4) is 5.75 Å². The molecule has 2 unspecified atom stereocenters. The molecule has 0 aliphatic carbocycles. The molecule has 2 amide bonds. The van der Waals surface area contributed by atoms with Gasteiger partial charge in [-0.3, -0.25) is 14.5 Å². The van der Waals surface area contributed by atoms with Gasteiger partial charge in [0.05, 0.1) is 29.0 Å². The van der Waals surface area contributed by atoms with Crippen molar-refractivity contribution in [1.82, 2.24) is 10.2 Å². The van der Waals surface area contributed by atoms with Gasteiger partial charge in [-0.05, 0) is 43.6 Å². The lowest BCUT2D eigenvalue weighted by molar-refractivity contribution is -0.114. The zero-order chi connectivity index (χ0) is 21.4. The Bertz CT molecular complexity index is 801. The van der Waals surface area contributed by atoms with Crippen molar-refractivity contribution in [2.24, 2.45) is 5.41 Å². The van der Waals surface area contributed by atoms with Crippen LogP contribution in [0, 0.1) is 5.41 Å². The molecule has 160 valence electrons. The minimum absolute atomic E-state index is 0.150. The quantitative estimate of drug-likeness (QED) is 0.737. The predicted molar refractivity (Wildman–Crippen MR) is 116 cm³/mol. The Hall–Kier alpha value is -1.79. The molecule has 7 heteroatoms. The van der Waals surface area contributed by atoms with Crippen molar-refractivity contribution >= 4 is 29.1 Å². The highest BCUT2D eigenvalue weighted by Crippen LogP contribution is 2.44. The van der Waals surface area contributed by atoms with Gasteiger partial charge in [0, 0.05) is 25.6 Å². The van der Waals surface area contributed by atoms with Crippen molar-refractivity contribution in [2.75, 3.05) is 19.0 Å². The SMILES string of the molecule is COc1cc(NC(C)=O)c(Cl)cc1C(=O)NC12CCCC(CC1)N2CC(C)(C)C. The largest absolute Gasteiger partial charge is 0.496 e. The first kappa shape index (κ1) is 21.9. The predicted octanol–water partition coefficient (Wildman–Crippen LogP) is 4.43. The number of hydrogen-bond donors (Lipinski definition) is 2. The standard InChI is InChI=1S/C22H32ClN3O3/c1-14(27)24-18-12-19(29-5)16(11-17(18)23)20(28)25-22-9-6-7-15(8-10-22)26(22)13-21(2,3)4/h11-12,15H,6-10,13H2,1-5H3,(H,24,27)(H,25,28). The molecule has 0 aromatic heterocycles. The Morgan fingerprint density at radius 1 is 1.28 bits per heavy atom. The summed E-state index contributed by atoms with van der Waals surface area (Å²) in [5.74, 6) is -0.0403. The molecular formula is C22H32ClN3O3. The zero-order valence-electron chi connectivity index (χ0n) is 18.0. The molecule has 3 rings (SSSR count). The van der Waals surface area contributed by atoms with Gasteiger partial charge < -0.3 is 15.4 Å². The van der Waals surface area contributed by atoms with Crippen LogP contribution in [0.1, 0.15) is 70.2 Å². The first-order chi connectivity index (χ1) is 13.5. The fourth-order valence-corrected chi connectivity index (χ4v) is 4.92. The topological polar surface area (TPSA) is 70.7 Å². The van der Waals surface area contributed by atoms with E-state index in [9.17, 15) is 9.59 Å². The molecule has 2 bridgehead atoms. The zero-order valence-corrected chi connectivity index (χ0v) is 18.8. The minimum atomic E-state index is -0.318. The lowest BCUT2D eigenvalue weighted by Crippen LogP contribution is -2.62. The lowest BCUT2D eigenvalue weighted by Gasteiger charge is -2.47. The maximum atomic E-state index is 13.3. The highest BCUT2D eigenvalue weighted by atomic mass is 35.5. The number of amides is 2. The number of rotatable bonds is 5. The van der Waals surface area contributed by atoms with E-state index in [-0.39, 0.29) is 22.9 Å². The second-order valence-electron chi connectivity index (χ2n) is 9.47. The van der Waals surface area contributed by atoms with Crippen molar-refractivity contribution < 1.29 is 14.3 Å². The molecule has 1 aromatic rings. The molecule has 2 aliphatic heterocycles. The Morgan fingerprint density at radius 2 is 2.00 bits per heavy atom. The number of carbonyl (C=O) groups excluding carboxylic acids is 2. The maximum Gasteiger partial charge on any atom is 0.256 e. The van der Waals surface area contributed by atoms with E-state index in [1.807, 2.05) is 0 Å². The number of piperidine rings is 1. The number of benzene rings is 1. The van der Waals surface area contributed by atoms with Crippen LogP contribution in [0.25, 0.3) is 0 Å². The van der Waals surface area contributed by atoms with Crippen molar-refractivity contribution in [2.45, 2.75) is 71.5 Å². The van der Waals surface area contributed by atoms with Gasteiger partial charge in [-0.15, -0.1) is 0 Å². The van der Waals surface area contributed by atoms with E-state index in [0.29, 0.717) is 28.1 Å². The molecule has 0 radical (unpaired) electrons. The summed E-state index contributed by atoms with van der Waals surface area (Å²) in [7, 11) is 1.51.